The van der Waals surface area contributed by atoms with Crippen molar-refractivity contribution in [3.05, 3.63) is 35.4 Å². The molecule has 3 aliphatic heterocycles. The molecule has 6 heteroatoms. The Balaban J connectivity index is 1.77. The second kappa shape index (κ2) is 4.86. The normalized spacial score (nSPS) is 29.4. The van der Waals surface area contributed by atoms with E-state index in [0.29, 0.717) is 12.1 Å². The molecule has 3 saturated heterocycles. The maximum absolute atomic E-state index is 12.5. The van der Waals surface area contributed by atoms with Gasteiger partial charge in [-0.15, -0.1) is 0 Å². The SMILES string of the molecule is O=C(c1ccc(C(F)(F)F)cc1)C1CN2CCN1CC2. The monoisotopic (exact) mass is 284 g/mol. The van der Waals surface area contributed by atoms with Gasteiger partial charge >= 0.3 is 6.18 Å². The number of piperazine rings is 3. The molecule has 0 aliphatic carbocycles. The molecule has 0 N–H and O–H groups in total. The number of halogens is 3. The number of ketones is 1. The summed E-state index contributed by atoms with van der Waals surface area (Å²) in [5, 5.41) is 0. The zero-order valence-corrected chi connectivity index (χ0v) is 10.9. The van der Waals surface area contributed by atoms with Crippen molar-refractivity contribution >= 4 is 5.78 Å². The Morgan fingerprint density at radius 3 is 2.10 bits per heavy atom. The van der Waals surface area contributed by atoms with E-state index in [0.717, 1.165) is 38.3 Å². The van der Waals surface area contributed by atoms with Crippen LogP contribution < -0.4 is 0 Å². The third-order valence-electron chi connectivity index (χ3n) is 4.08. The number of carbonyl (C=O) groups excluding carboxylic acids is 1. The first-order valence-electron chi connectivity index (χ1n) is 6.63. The fraction of sp³-hybridized carbons (Fsp3) is 0.500. The summed E-state index contributed by atoms with van der Waals surface area (Å²) in [5.41, 5.74) is -0.361. The number of carbonyl (C=O) groups is 1. The van der Waals surface area contributed by atoms with Crippen LogP contribution in [0.3, 0.4) is 0 Å². The van der Waals surface area contributed by atoms with Gasteiger partial charge < -0.3 is 0 Å². The van der Waals surface area contributed by atoms with Crippen LogP contribution in [-0.4, -0.2) is 54.3 Å². The van der Waals surface area contributed by atoms with Crippen molar-refractivity contribution in [2.75, 3.05) is 32.7 Å². The minimum Gasteiger partial charge on any atom is -0.299 e. The zero-order chi connectivity index (χ0) is 14.3. The number of alkyl halides is 3. The molecule has 1 aromatic rings. The van der Waals surface area contributed by atoms with Crippen molar-refractivity contribution in [3.8, 4) is 0 Å². The van der Waals surface area contributed by atoms with Crippen molar-refractivity contribution in [2.45, 2.75) is 12.2 Å². The lowest BCUT2D eigenvalue weighted by atomic mass is 9.97. The van der Waals surface area contributed by atoms with Gasteiger partial charge in [0.05, 0.1) is 11.6 Å². The lowest BCUT2D eigenvalue weighted by Gasteiger charge is -2.46. The van der Waals surface area contributed by atoms with Gasteiger partial charge in [0.15, 0.2) is 5.78 Å². The fourth-order valence-electron chi connectivity index (χ4n) is 2.88. The van der Waals surface area contributed by atoms with Crippen LogP contribution in [0.15, 0.2) is 24.3 Å². The summed E-state index contributed by atoms with van der Waals surface area (Å²) in [5.74, 6) is -0.0804. The fourth-order valence-corrected chi connectivity index (χ4v) is 2.88. The highest BCUT2D eigenvalue weighted by Gasteiger charge is 2.37. The van der Waals surface area contributed by atoms with Crippen molar-refractivity contribution in [1.82, 2.24) is 9.80 Å². The molecule has 0 saturated carbocycles. The summed E-state index contributed by atoms with van der Waals surface area (Å²) < 4.78 is 37.5. The summed E-state index contributed by atoms with van der Waals surface area (Å²) in [7, 11) is 0. The number of Topliss-reactive ketones (excluding diaryl/α,β-unsaturated/α-hetero) is 1. The summed E-state index contributed by atoms with van der Waals surface area (Å²) in [6, 6.07) is 4.30. The molecule has 4 rings (SSSR count). The van der Waals surface area contributed by atoms with E-state index in [2.05, 4.69) is 9.80 Å². The van der Waals surface area contributed by atoms with Gasteiger partial charge in [-0.05, 0) is 12.1 Å². The molecule has 2 bridgehead atoms. The minimum atomic E-state index is -4.36. The molecule has 3 nitrogen and oxygen atoms in total. The van der Waals surface area contributed by atoms with E-state index < -0.39 is 11.7 Å². The molecule has 1 aromatic carbocycles. The van der Waals surface area contributed by atoms with Gasteiger partial charge in [-0.1, -0.05) is 12.1 Å². The quantitative estimate of drug-likeness (QED) is 0.775. The van der Waals surface area contributed by atoms with Crippen molar-refractivity contribution in [2.24, 2.45) is 0 Å². The average Bonchev–Trinajstić information content (AvgIpc) is 2.47. The van der Waals surface area contributed by atoms with E-state index in [-0.39, 0.29) is 11.8 Å². The predicted octanol–water partition coefficient (Wildman–Crippen LogP) is 1.89. The van der Waals surface area contributed by atoms with Gasteiger partial charge in [-0.25, -0.2) is 0 Å². The molecule has 3 aliphatic rings. The standard InChI is InChI=1S/C14H15F3N2O/c15-14(16,17)11-3-1-10(2-4-11)13(20)12-9-18-5-7-19(12)8-6-18/h1-4,12H,5-9H2. The Kier molecular flexibility index (Phi) is 3.30. The highest BCUT2D eigenvalue weighted by atomic mass is 19.4. The van der Waals surface area contributed by atoms with E-state index in [1.807, 2.05) is 0 Å². The topological polar surface area (TPSA) is 23.6 Å². The molecule has 0 aromatic heterocycles. The first-order chi connectivity index (χ1) is 9.45. The molecular weight excluding hydrogens is 269 g/mol. The Hall–Kier alpha value is -1.40. The lowest BCUT2D eigenvalue weighted by molar-refractivity contribution is -0.137. The molecule has 0 radical (unpaired) electrons. The molecular formula is C14H15F3N2O. The van der Waals surface area contributed by atoms with Crippen LogP contribution >= 0.6 is 0 Å². The van der Waals surface area contributed by atoms with Crippen LogP contribution in [0.4, 0.5) is 13.2 Å². The zero-order valence-electron chi connectivity index (χ0n) is 10.9. The number of hydrogen-bond donors (Lipinski definition) is 0. The second-order valence-electron chi connectivity index (χ2n) is 5.29. The molecule has 1 unspecified atom stereocenters. The highest BCUT2D eigenvalue weighted by Crippen LogP contribution is 2.29. The summed E-state index contributed by atoms with van der Waals surface area (Å²) >= 11 is 0. The highest BCUT2D eigenvalue weighted by molar-refractivity contribution is 6.00. The van der Waals surface area contributed by atoms with Crippen LogP contribution in [0.2, 0.25) is 0 Å². The number of fused-ring (bicyclic) bond motifs is 3. The van der Waals surface area contributed by atoms with E-state index in [1.54, 1.807) is 0 Å². The van der Waals surface area contributed by atoms with E-state index in [4.69, 9.17) is 0 Å². The van der Waals surface area contributed by atoms with E-state index in [1.165, 1.54) is 12.1 Å². The molecule has 108 valence electrons. The molecule has 20 heavy (non-hydrogen) atoms. The Morgan fingerprint density at radius 2 is 1.65 bits per heavy atom. The average molecular weight is 284 g/mol. The van der Waals surface area contributed by atoms with E-state index >= 15 is 0 Å². The lowest BCUT2D eigenvalue weighted by Crippen LogP contribution is -2.63. The second-order valence-corrected chi connectivity index (χ2v) is 5.29. The Labute approximate surface area is 115 Å². The predicted molar refractivity (Wildman–Crippen MR) is 67.6 cm³/mol. The van der Waals surface area contributed by atoms with Gasteiger partial charge in [0.25, 0.3) is 0 Å². The smallest absolute Gasteiger partial charge is 0.299 e. The van der Waals surface area contributed by atoms with Gasteiger partial charge in [0.2, 0.25) is 0 Å². The summed E-state index contributed by atoms with van der Waals surface area (Å²) in [6.07, 6.45) is -4.36. The van der Waals surface area contributed by atoms with Crippen LogP contribution in [0, 0.1) is 0 Å². The van der Waals surface area contributed by atoms with Crippen LogP contribution in [0.1, 0.15) is 15.9 Å². The molecule has 0 spiro atoms. The maximum atomic E-state index is 12.5. The van der Waals surface area contributed by atoms with Gasteiger partial charge in [0.1, 0.15) is 0 Å². The first-order valence-corrected chi connectivity index (χ1v) is 6.63. The van der Waals surface area contributed by atoms with Gasteiger partial charge in [0, 0.05) is 38.3 Å². The minimum absolute atomic E-state index is 0.0804. The first kappa shape index (κ1) is 13.6. The van der Waals surface area contributed by atoms with Crippen LogP contribution in [0.25, 0.3) is 0 Å². The van der Waals surface area contributed by atoms with Crippen LogP contribution in [0.5, 0.6) is 0 Å². The van der Waals surface area contributed by atoms with Crippen molar-refractivity contribution in [3.63, 3.8) is 0 Å². The summed E-state index contributed by atoms with van der Waals surface area (Å²) in [6.45, 7) is 4.33. The number of hydrogen-bond acceptors (Lipinski definition) is 3. The van der Waals surface area contributed by atoms with Gasteiger partial charge in [-0.3, -0.25) is 14.6 Å². The summed E-state index contributed by atoms with van der Waals surface area (Å²) in [4.78, 5) is 16.8. The third-order valence-corrected chi connectivity index (χ3v) is 4.08. The molecule has 0 amide bonds. The van der Waals surface area contributed by atoms with Crippen LogP contribution in [-0.2, 0) is 6.18 Å². The number of rotatable bonds is 2. The molecule has 1 atom stereocenters. The van der Waals surface area contributed by atoms with Gasteiger partial charge in [-0.2, -0.15) is 13.2 Å². The largest absolute Gasteiger partial charge is 0.416 e. The Bertz CT molecular complexity index is 504. The Morgan fingerprint density at radius 1 is 1.05 bits per heavy atom. The molecule has 3 heterocycles. The number of benzene rings is 1. The van der Waals surface area contributed by atoms with Crippen molar-refractivity contribution in [1.29, 1.82) is 0 Å². The number of nitrogens with zero attached hydrogens (tertiary/aromatic N) is 2. The third kappa shape index (κ3) is 2.45. The van der Waals surface area contributed by atoms with Crippen molar-refractivity contribution < 1.29 is 18.0 Å². The van der Waals surface area contributed by atoms with E-state index in [9.17, 15) is 18.0 Å². The maximum Gasteiger partial charge on any atom is 0.416 e. The molecule has 3 fully saturated rings.